The topological polar surface area (TPSA) is 77.9 Å². The number of carbonyl (C=O) groups excluding carboxylic acids is 1. The maximum atomic E-state index is 13.0. The Morgan fingerprint density at radius 3 is 2.52 bits per heavy atom. The number of amides is 1. The highest BCUT2D eigenvalue weighted by Crippen LogP contribution is 2.26. The van der Waals surface area contributed by atoms with E-state index in [1.54, 1.807) is 12.1 Å². The SMILES string of the molecule is Cc1cn(C)c(-c2ccc(C)c(NC(=O)c3ccc(OCc4cccc(OCCN5CCOCC5)c4)cc3)c2)n1. The molecule has 1 fully saturated rings. The van der Waals surface area contributed by atoms with Crippen LogP contribution in [-0.2, 0) is 18.4 Å². The largest absolute Gasteiger partial charge is 0.492 e. The van der Waals surface area contributed by atoms with Crippen LogP contribution in [0.3, 0.4) is 0 Å². The van der Waals surface area contributed by atoms with Crippen LogP contribution in [0.5, 0.6) is 11.5 Å². The highest BCUT2D eigenvalue weighted by molar-refractivity contribution is 6.05. The normalized spacial score (nSPS) is 13.7. The number of rotatable bonds is 10. The van der Waals surface area contributed by atoms with Gasteiger partial charge in [0.25, 0.3) is 5.91 Å². The maximum absolute atomic E-state index is 13.0. The molecule has 8 nitrogen and oxygen atoms in total. The van der Waals surface area contributed by atoms with Crippen LogP contribution in [0.15, 0.2) is 72.9 Å². The monoisotopic (exact) mass is 540 g/mol. The summed E-state index contributed by atoms with van der Waals surface area (Å²) in [6.07, 6.45) is 1.98. The van der Waals surface area contributed by atoms with E-state index in [0.717, 1.165) is 72.5 Å². The van der Waals surface area contributed by atoms with Crippen molar-refractivity contribution in [1.82, 2.24) is 14.5 Å². The summed E-state index contributed by atoms with van der Waals surface area (Å²) in [6.45, 7) is 9.37. The Balaban J connectivity index is 1.14. The quantitative estimate of drug-likeness (QED) is 0.296. The molecule has 0 bridgehead atoms. The summed E-state index contributed by atoms with van der Waals surface area (Å²) in [6, 6.07) is 21.1. The van der Waals surface area contributed by atoms with Crippen LogP contribution in [0, 0.1) is 13.8 Å². The van der Waals surface area contributed by atoms with Crippen molar-refractivity contribution in [2.45, 2.75) is 20.5 Å². The highest BCUT2D eigenvalue weighted by atomic mass is 16.5. The Labute approximate surface area is 235 Å². The molecule has 1 aliphatic rings. The van der Waals surface area contributed by atoms with Crippen LogP contribution in [0.1, 0.15) is 27.2 Å². The van der Waals surface area contributed by atoms with E-state index in [1.807, 2.05) is 86.3 Å². The molecule has 4 aromatic rings. The van der Waals surface area contributed by atoms with E-state index >= 15 is 0 Å². The lowest BCUT2D eigenvalue weighted by atomic mass is 10.1. The first-order valence-electron chi connectivity index (χ1n) is 13.6. The number of benzene rings is 3. The fourth-order valence-corrected chi connectivity index (χ4v) is 4.69. The first-order chi connectivity index (χ1) is 19.4. The summed E-state index contributed by atoms with van der Waals surface area (Å²) in [7, 11) is 1.97. The Hall–Kier alpha value is -4.14. The molecule has 3 aromatic carbocycles. The Kier molecular flexibility index (Phi) is 8.78. The second-order valence-corrected chi connectivity index (χ2v) is 10.1. The fraction of sp³-hybridized carbons (Fsp3) is 0.312. The highest BCUT2D eigenvalue weighted by Gasteiger charge is 2.13. The molecule has 0 spiro atoms. The smallest absolute Gasteiger partial charge is 0.255 e. The van der Waals surface area contributed by atoms with E-state index in [4.69, 9.17) is 14.2 Å². The van der Waals surface area contributed by atoms with Crippen molar-refractivity contribution in [3.05, 3.63) is 95.3 Å². The number of nitrogens with zero attached hydrogens (tertiary/aromatic N) is 3. The lowest BCUT2D eigenvalue weighted by molar-refractivity contribution is 0.0322. The lowest BCUT2D eigenvalue weighted by Gasteiger charge is -2.26. The van der Waals surface area contributed by atoms with Crippen LogP contribution in [0.25, 0.3) is 11.4 Å². The van der Waals surface area contributed by atoms with Crippen LogP contribution >= 0.6 is 0 Å². The summed E-state index contributed by atoms with van der Waals surface area (Å²) >= 11 is 0. The van der Waals surface area contributed by atoms with Crippen molar-refractivity contribution < 1.29 is 19.0 Å². The number of carbonyl (C=O) groups is 1. The van der Waals surface area contributed by atoms with Gasteiger partial charge in [0.1, 0.15) is 30.5 Å². The molecule has 0 unspecified atom stereocenters. The first kappa shape index (κ1) is 27.4. The molecule has 1 amide bonds. The van der Waals surface area contributed by atoms with Gasteiger partial charge >= 0.3 is 0 Å². The van der Waals surface area contributed by atoms with Gasteiger partial charge in [-0.05, 0) is 67.4 Å². The van der Waals surface area contributed by atoms with Crippen molar-refractivity contribution in [2.24, 2.45) is 7.05 Å². The number of nitrogens with one attached hydrogen (secondary N) is 1. The van der Waals surface area contributed by atoms with E-state index in [9.17, 15) is 4.79 Å². The van der Waals surface area contributed by atoms with Gasteiger partial charge < -0.3 is 24.1 Å². The second-order valence-electron chi connectivity index (χ2n) is 10.1. The summed E-state index contributed by atoms with van der Waals surface area (Å²) in [5, 5.41) is 3.04. The van der Waals surface area contributed by atoms with Crippen molar-refractivity contribution in [2.75, 3.05) is 44.8 Å². The van der Waals surface area contributed by atoms with E-state index in [2.05, 4.69) is 15.2 Å². The van der Waals surface area contributed by atoms with Crippen molar-refractivity contribution in [3.8, 4) is 22.9 Å². The number of ether oxygens (including phenoxy) is 3. The van der Waals surface area contributed by atoms with Gasteiger partial charge in [0.05, 0.1) is 18.9 Å². The minimum Gasteiger partial charge on any atom is -0.492 e. The van der Waals surface area contributed by atoms with E-state index in [1.165, 1.54) is 0 Å². The zero-order valence-electron chi connectivity index (χ0n) is 23.4. The number of hydrogen-bond donors (Lipinski definition) is 1. The molecule has 1 aliphatic heterocycles. The van der Waals surface area contributed by atoms with Crippen LogP contribution in [0.2, 0.25) is 0 Å². The summed E-state index contributed by atoms with van der Waals surface area (Å²) < 4.78 is 19.3. The molecule has 1 aromatic heterocycles. The number of hydrogen-bond acceptors (Lipinski definition) is 6. The van der Waals surface area contributed by atoms with Gasteiger partial charge in [-0.1, -0.05) is 24.3 Å². The Morgan fingerprint density at radius 2 is 1.77 bits per heavy atom. The van der Waals surface area contributed by atoms with Crippen molar-refractivity contribution >= 4 is 11.6 Å². The second kappa shape index (κ2) is 12.8. The molecule has 1 saturated heterocycles. The van der Waals surface area contributed by atoms with E-state index in [-0.39, 0.29) is 5.91 Å². The molecular weight excluding hydrogens is 504 g/mol. The third kappa shape index (κ3) is 7.08. The first-order valence-corrected chi connectivity index (χ1v) is 13.6. The molecule has 0 atom stereocenters. The molecule has 8 heteroatoms. The van der Waals surface area contributed by atoms with Crippen LogP contribution in [-0.4, -0.2) is 59.8 Å². The molecule has 5 rings (SSSR count). The third-order valence-corrected chi connectivity index (χ3v) is 6.94. The van der Waals surface area contributed by atoms with E-state index in [0.29, 0.717) is 24.5 Å². The maximum Gasteiger partial charge on any atom is 0.255 e. The van der Waals surface area contributed by atoms with Gasteiger partial charge in [-0.2, -0.15) is 0 Å². The molecule has 40 heavy (non-hydrogen) atoms. The number of morpholine rings is 1. The average molecular weight is 541 g/mol. The minimum absolute atomic E-state index is 0.176. The average Bonchev–Trinajstić information content (AvgIpc) is 3.31. The van der Waals surface area contributed by atoms with Crippen LogP contribution in [0.4, 0.5) is 5.69 Å². The standard InChI is InChI=1S/C32H36N4O4/c1-23-7-8-27(31-33-24(2)21-35(31)3)20-30(23)34-32(37)26-9-11-28(12-10-26)40-22-25-5-4-6-29(19-25)39-18-15-36-13-16-38-17-14-36/h4-12,19-21H,13-18,22H2,1-3H3,(H,34,37). The number of imidazole rings is 1. The predicted octanol–water partition coefficient (Wildman–Crippen LogP) is 5.25. The molecule has 1 N–H and O–H groups in total. The zero-order chi connectivity index (χ0) is 27.9. The van der Waals surface area contributed by atoms with Gasteiger partial charge in [0, 0.05) is 49.7 Å². The molecule has 208 valence electrons. The summed E-state index contributed by atoms with van der Waals surface area (Å²) in [5.41, 5.74) is 5.22. The summed E-state index contributed by atoms with van der Waals surface area (Å²) in [4.78, 5) is 20.0. The number of aromatic nitrogens is 2. The van der Waals surface area contributed by atoms with Gasteiger partial charge in [0.2, 0.25) is 0 Å². The zero-order valence-corrected chi connectivity index (χ0v) is 23.4. The van der Waals surface area contributed by atoms with E-state index < -0.39 is 0 Å². The van der Waals surface area contributed by atoms with Crippen molar-refractivity contribution in [1.29, 1.82) is 0 Å². The summed E-state index contributed by atoms with van der Waals surface area (Å²) in [5.74, 6) is 2.21. The molecule has 2 heterocycles. The molecule has 0 saturated carbocycles. The van der Waals surface area contributed by atoms with Gasteiger partial charge in [0.15, 0.2) is 0 Å². The number of anilines is 1. The molecular formula is C32H36N4O4. The minimum atomic E-state index is -0.176. The van der Waals surface area contributed by atoms with Crippen LogP contribution < -0.4 is 14.8 Å². The van der Waals surface area contributed by atoms with Gasteiger partial charge in [-0.3, -0.25) is 9.69 Å². The fourth-order valence-electron chi connectivity index (χ4n) is 4.69. The van der Waals surface area contributed by atoms with Gasteiger partial charge in [-0.25, -0.2) is 4.98 Å². The molecule has 0 aliphatic carbocycles. The Bertz CT molecular complexity index is 1440. The third-order valence-electron chi connectivity index (χ3n) is 6.94. The van der Waals surface area contributed by atoms with Crippen molar-refractivity contribution in [3.63, 3.8) is 0 Å². The lowest BCUT2D eigenvalue weighted by Crippen LogP contribution is -2.38. The van der Waals surface area contributed by atoms with Gasteiger partial charge in [-0.15, -0.1) is 0 Å². The molecule has 0 radical (unpaired) electrons. The Morgan fingerprint density at radius 1 is 0.975 bits per heavy atom. The predicted molar refractivity (Wildman–Crippen MR) is 156 cm³/mol. The number of aryl methyl sites for hydroxylation is 3.